The Morgan fingerprint density at radius 3 is 1.92 bits per heavy atom. The normalized spacial score (nSPS) is 10.9. The van der Waals surface area contributed by atoms with E-state index < -0.39 is 10.0 Å². The van der Waals surface area contributed by atoms with E-state index in [1.807, 2.05) is 0 Å². The third-order valence-electron chi connectivity index (χ3n) is 3.74. The summed E-state index contributed by atoms with van der Waals surface area (Å²) in [7, 11) is 3.52. The Hall–Kier alpha value is -2.61. The Morgan fingerprint density at radius 1 is 0.760 bits per heavy atom. The number of anilines is 1. The van der Waals surface area contributed by atoms with Crippen LogP contribution in [0.3, 0.4) is 0 Å². The molecule has 0 amide bonds. The molecule has 0 aliphatic heterocycles. The lowest BCUT2D eigenvalue weighted by molar-refractivity contribution is 0.354. The van der Waals surface area contributed by atoms with Crippen molar-refractivity contribution >= 4 is 15.7 Å². The molecule has 2 aromatic rings. The number of hydrogen-bond donors (Lipinski definition) is 0. The molecule has 0 N–H and O–H groups in total. The lowest BCUT2D eigenvalue weighted by atomic mass is 10.3. The van der Waals surface area contributed by atoms with Crippen LogP contribution in [0.25, 0.3) is 0 Å². The van der Waals surface area contributed by atoms with Crippen LogP contribution in [0, 0.1) is 0 Å². The predicted octanol–water partition coefficient (Wildman–Crippen LogP) is 2.55. The maximum absolute atomic E-state index is 13.0. The van der Waals surface area contributed by atoms with Crippen LogP contribution in [0.5, 0.6) is 23.0 Å². The maximum atomic E-state index is 13.0. The van der Waals surface area contributed by atoms with E-state index in [4.69, 9.17) is 18.9 Å². The Morgan fingerprint density at radius 2 is 1.36 bits per heavy atom. The maximum Gasteiger partial charge on any atom is 0.264 e. The zero-order valence-electron chi connectivity index (χ0n) is 14.8. The van der Waals surface area contributed by atoms with E-state index in [1.165, 1.54) is 47.6 Å². The van der Waals surface area contributed by atoms with E-state index in [0.717, 1.165) is 4.31 Å². The molecule has 136 valence electrons. The van der Waals surface area contributed by atoms with Crippen LogP contribution in [0.15, 0.2) is 41.3 Å². The van der Waals surface area contributed by atoms with Gasteiger partial charge in [-0.2, -0.15) is 0 Å². The standard InChI is InChI=1S/C17H21NO6S/c1-18(14-10-12(21-2)6-8-15(14)22-3)25(19,20)13-7-9-16(23-4)17(11-13)24-5/h6-11H,1-5H3. The molecule has 2 aromatic carbocycles. The topological polar surface area (TPSA) is 74.3 Å². The van der Waals surface area contributed by atoms with Gasteiger partial charge in [0.2, 0.25) is 0 Å². The van der Waals surface area contributed by atoms with Gasteiger partial charge in [0, 0.05) is 19.2 Å². The first-order valence-electron chi connectivity index (χ1n) is 7.32. The third-order valence-corrected chi connectivity index (χ3v) is 5.51. The molecule has 0 fully saturated rings. The Kier molecular flexibility index (Phi) is 5.63. The quantitative estimate of drug-likeness (QED) is 0.749. The first-order valence-corrected chi connectivity index (χ1v) is 8.76. The van der Waals surface area contributed by atoms with E-state index in [0.29, 0.717) is 28.7 Å². The molecule has 0 heterocycles. The highest BCUT2D eigenvalue weighted by Crippen LogP contribution is 2.36. The van der Waals surface area contributed by atoms with Gasteiger partial charge in [0.25, 0.3) is 10.0 Å². The van der Waals surface area contributed by atoms with Crippen LogP contribution < -0.4 is 23.3 Å². The minimum Gasteiger partial charge on any atom is -0.497 e. The molecule has 0 aliphatic carbocycles. The number of nitrogens with zero attached hydrogens (tertiary/aromatic N) is 1. The monoisotopic (exact) mass is 367 g/mol. The highest BCUT2D eigenvalue weighted by molar-refractivity contribution is 7.92. The number of sulfonamides is 1. The fraction of sp³-hybridized carbons (Fsp3) is 0.294. The van der Waals surface area contributed by atoms with E-state index in [2.05, 4.69) is 0 Å². The minimum atomic E-state index is -3.84. The number of benzene rings is 2. The van der Waals surface area contributed by atoms with Gasteiger partial charge in [0.15, 0.2) is 11.5 Å². The van der Waals surface area contributed by atoms with E-state index in [-0.39, 0.29) is 4.90 Å². The summed E-state index contributed by atoms with van der Waals surface area (Å²) in [5, 5.41) is 0. The van der Waals surface area contributed by atoms with Crippen LogP contribution in [0.2, 0.25) is 0 Å². The highest BCUT2D eigenvalue weighted by Gasteiger charge is 2.25. The van der Waals surface area contributed by atoms with Crippen molar-refractivity contribution in [3.63, 3.8) is 0 Å². The second-order valence-electron chi connectivity index (χ2n) is 5.03. The fourth-order valence-corrected chi connectivity index (χ4v) is 3.52. The Labute approximate surface area is 147 Å². The molecule has 25 heavy (non-hydrogen) atoms. The van der Waals surface area contributed by atoms with Crippen molar-refractivity contribution in [2.24, 2.45) is 0 Å². The molecule has 7 nitrogen and oxygen atoms in total. The van der Waals surface area contributed by atoms with Crippen molar-refractivity contribution in [3.8, 4) is 23.0 Å². The Bertz CT molecular complexity index is 850. The fourth-order valence-electron chi connectivity index (χ4n) is 2.31. The van der Waals surface area contributed by atoms with Gasteiger partial charge in [-0.05, 0) is 24.3 Å². The highest BCUT2D eigenvalue weighted by atomic mass is 32.2. The van der Waals surface area contributed by atoms with Crippen molar-refractivity contribution in [2.75, 3.05) is 39.8 Å². The SMILES string of the molecule is COc1ccc(OC)c(N(C)S(=O)(=O)c2ccc(OC)c(OC)c2)c1. The molecule has 0 spiro atoms. The smallest absolute Gasteiger partial charge is 0.264 e. The summed E-state index contributed by atoms with van der Waals surface area (Å²) in [6.07, 6.45) is 0. The zero-order chi connectivity index (χ0) is 18.6. The number of hydrogen-bond acceptors (Lipinski definition) is 6. The van der Waals surface area contributed by atoms with Gasteiger partial charge in [0.05, 0.1) is 39.0 Å². The average Bonchev–Trinajstić information content (AvgIpc) is 2.65. The van der Waals surface area contributed by atoms with Gasteiger partial charge in [-0.3, -0.25) is 4.31 Å². The summed E-state index contributed by atoms with van der Waals surface area (Å²) in [6.45, 7) is 0. The van der Waals surface area contributed by atoms with Crippen LogP contribution in [-0.2, 0) is 10.0 Å². The van der Waals surface area contributed by atoms with Gasteiger partial charge in [0.1, 0.15) is 11.5 Å². The van der Waals surface area contributed by atoms with E-state index in [9.17, 15) is 8.42 Å². The van der Waals surface area contributed by atoms with Gasteiger partial charge < -0.3 is 18.9 Å². The molecule has 0 aromatic heterocycles. The Balaban J connectivity index is 2.53. The molecule has 0 bridgehead atoms. The molecule has 0 atom stereocenters. The number of rotatable bonds is 7. The minimum absolute atomic E-state index is 0.0672. The second kappa shape index (κ2) is 7.52. The largest absolute Gasteiger partial charge is 0.497 e. The van der Waals surface area contributed by atoms with Gasteiger partial charge in [-0.25, -0.2) is 8.42 Å². The van der Waals surface area contributed by atoms with E-state index >= 15 is 0 Å². The van der Waals surface area contributed by atoms with Crippen molar-refractivity contribution in [2.45, 2.75) is 4.90 Å². The van der Waals surface area contributed by atoms with Crippen LogP contribution in [0.4, 0.5) is 5.69 Å². The zero-order valence-corrected chi connectivity index (χ0v) is 15.6. The molecule has 2 rings (SSSR count). The molecule has 8 heteroatoms. The summed E-state index contributed by atoms with van der Waals surface area (Å²) in [5.41, 5.74) is 0.358. The summed E-state index contributed by atoms with van der Waals surface area (Å²) in [6, 6.07) is 9.35. The summed E-state index contributed by atoms with van der Waals surface area (Å²) < 4.78 is 47.9. The molecule has 0 aliphatic rings. The molecule has 0 saturated carbocycles. The average molecular weight is 367 g/mol. The van der Waals surface area contributed by atoms with Crippen molar-refractivity contribution in [3.05, 3.63) is 36.4 Å². The van der Waals surface area contributed by atoms with E-state index in [1.54, 1.807) is 24.3 Å². The molecule has 0 radical (unpaired) electrons. The van der Waals surface area contributed by atoms with Crippen molar-refractivity contribution in [1.29, 1.82) is 0 Å². The molecular formula is C17H21NO6S. The lowest BCUT2D eigenvalue weighted by Gasteiger charge is -2.22. The van der Waals surface area contributed by atoms with Gasteiger partial charge in [-0.15, -0.1) is 0 Å². The number of ether oxygens (including phenoxy) is 4. The molecule has 0 saturated heterocycles. The molecular weight excluding hydrogens is 346 g/mol. The first kappa shape index (κ1) is 18.7. The summed E-state index contributed by atoms with van der Waals surface area (Å²) >= 11 is 0. The number of methoxy groups -OCH3 is 4. The molecule has 0 unspecified atom stereocenters. The van der Waals surface area contributed by atoms with Crippen LogP contribution >= 0.6 is 0 Å². The van der Waals surface area contributed by atoms with Crippen LogP contribution in [0.1, 0.15) is 0 Å². The summed E-state index contributed by atoms with van der Waals surface area (Å²) in [4.78, 5) is 0.0672. The summed E-state index contributed by atoms with van der Waals surface area (Å²) in [5.74, 6) is 1.70. The second-order valence-corrected chi connectivity index (χ2v) is 7.00. The van der Waals surface area contributed by atoms with Crippen molar-refractivity contribution in [1.82, 2.24) is 0 Å². The van der Waals surface area contributed by atoms with Crippen molar-refractivity contribution < 1.29 is 27.4 Å². The van der Waals surface area contributed by atoms with Gasteiger partial charge >= 0.3 is 0 Å². The van der Waals surface area contributed by atoms with Crippen LogP contribution in [-0.4, -0.2) is 43.9 Å². The first-order chi connectivity index (χ1) is 11.9. The lowest BCUT2D eigenvalue weighted by Crippen LogP contribution is -2.27. The predicted molar refractivity (Wildman–Crippen MR) is 94.7 cm³/mol. The van der Waals surface area contributed by atoms with Gasteiger partial charge in [-0.1, -0.05) is 0 Å². The third kappa shape index (κ3) is 3.58.